The molecule has 0 aliphatic heterocycles. The smallest absolute Gasteiger partial charge is 0.151 e. The van der Waals surface area contributed by atoms with Crippen LogP contribution in [0.3, 0.4) is 0 Å². The molecule has 6 aromatic heterocycles. The molecule has 0 aliphatic carbocycles. The van der Waals surface area contributed by atoms with Crippen LogP contribution < -0.4 is 28.4 Å². The molecule has 0 spiro atoms. The topological polar surface area (TPSA) is 210 Å². The van der Waals surface area contributed by atoms with Crippen LogP contribution in [-0.4, -0.2) is 101 Å². The molecule has 0 radical (unpaired) electrons. The Hall–Kier alpha value is -12.3. The lowest BCUT2D eigenvalue weighted by Gasteiger charge is -2.05. The summed E-state index contributed by atoms with van der Waals surface area (Å²) in [5, 5.41) is 47.8. The zero-order valence-electron chi connectivity index (χ0n) is 65.5. The Labute approximate surface area is 715 Å². The monoisotopic (exact) mass is 1670 g/mol. The number of methoxy groups -OCH3 is 1. The van der Waals surface area contributed by atoms with Gasteiger partial charge >= 0.3 is 0 Å². The average Bonchev–Trinajstić information content (AvgIpc) is 0.912. The summed E-state index contributed by atoms with van der Waals surface area (Å²) < 4.78 is 32.9. The van der Waals surface area contributed by atoms with Crippen LogP contribution in [0.2, 0.25) is 30.9 Å². The van der Waals surface area contributed by atoms with Crippen molar-refractivity contribution < 1.29 is 28.4 Å². The lowest BCUT2D eigenvalue weighted by molar-refractivity contribution is 0.305. The van der Waals surface area contributed by atoms with E-state index >= 15 is 0 Å². The third-order valence-electron chi connectivity index (χ3n) is 15.0. The molecular weight excluding hydrogens is 1590 g/mol. The van der Waals surface area contributed by atoms with E-state index in [0.29, 0.717) is 71.7 Å². The Balaban J connectivity index is 0.000000194. The van der Waals surface area contributed by atoms with Crippen molar-refractivity contribution in [2.45, 2.75) is 98.8 Å². The number of aromatic nitrogens is 12. The fourth-order valence-electron chi connectivity index (χ4n) is 8.94. The minimum absolute atomic E-state index is 0.361. The lowest BCUT2D eigenvalue weighted by atomic mass is 10.2. The average molecular weight is 1680 g/mol. The van der Waals surface area contributed by atoms with E-state index in [0.717, 1.165) is 126 Å². The minimum Gasteiger partial charge on any atom is -0.497 e. The maximum Gasteiger partial charge on any atom is 0.151 e. The Morgan fingerprint density at radius 3 is 0.632 bits per heavy atom. The first kappa shape index (κ1) is 91.9. The van der Waals surface area contributed by atoms with Gasteiger partial charge in [0.05, 0.1) is 40.1 Å². The SMILES string of the molecule is CCCCCCOc1ccc(C#Cc2ccc(Cl)nn2)cc1.CCCCCOc1ccc(C#Cc2ccc(Cl)nn2)cc1.CCCCOc1ccc(C#Cc2ccc(Cl)nn2)cc1.CCCOc1ccc(C#Cc2ccc(Cl)nn2)cc1.CCOc1ccc(C#Cc2ccc(Cl)nn2)cc1.COc1ccc(C#Cc2ccc(Cl)nn2)cc1. The number of halogens is 6. The van der Waals surface area contributed by atoms with Gasteiger partial charge in [-0.05, 0) is 287 Å². The van der Waals surface area contributed by atoms with Gasteiger partial charge in [0.2, 0.25) is 0 Å². The number of nitrogens with zero attached hydrogens (tertiary/aromatic N) is 12. The molecule has 0 aliphatic rings. The lowest BCUT2D eigenvalue weighted by Crippen LogP contribution is -1.96. The third-order valence-corrected chi connectivity index (χ3v) is 16.2. The molecule has 0 bridgehead atoms. The summed E-state index contributed by atoms with van der Waals surface area (Å²) in [6.45, 7) is 14.2. The van der Waals surface area contributed by atoms with Crippen molar-refractivity contribution >= 4 is 69.6 Å². The maximum absolute atomic E-state index is 5.70. The van der Waals surface area contributed by atoms with Gasteiger partial charge in [0, 0.05) is 33.4 Å². The molecule has 12 rings (SSSR count). The van der Waals surface area contributed by atoms with Gasteiger partial charge in [-0.3, -0.25) is 0 Å². The summed E-state index contributed by atoms with van der Waals surface area (Å²) in [6.07, 6.45) is 11.5. The molecule has 0 saturated carbocycles. The van der Waals surface area contributed by atoms with Gasteiger partial charge in [0.15, 0.2) is 30.9 Å². The zero-order valence-corrected chi connectivity index (χ0v) is 70.0. The first-order valence-corrected chi connectivity index (χ1v) is 39.8. The number of ether oxygens (including phenoxy) is 6. The van der Waals surface area contributed by atoms with Gasteiger partial charge in [-0.1, -0.05) is 171 Å². The number of unbranched alkanes of at least 4 members (excludes halogenated alkanes) is 6. The highest BCUT2D eigenvalue weighted by atomic mass is 35.5. The second kappa shape index (κ2) is 55.2. The molecule has 0 amide bonds. The molecule has 0 unspecified atom stereocenters. The Morgan fingerprint density at radius 1 is 0.205 bits per heavy atom. The predicted molar refractivity (Wildman–Crippen MR) is 465 cm³/mol. The fraction of sp³-hybridized carbons (Fsp3) is 0.226. The standard InChI is InChI=1S/C18H19ClN2O.C17H17ClN2O.C16H15ClN2O.C15H13ClN2O.C14H11ClN2O.C13H9ClN2O/c1-2-3-4-5-14-22-17-11-7-15(8-12-17)6-9-16-10-13-18(19)21-20-16;1-2-3-4-13-21-16-10-6-14(7-11-16)5-8-15-9-12-17(18)20-19-15;1-2-3-12-20-15-9-5-13(6-10-15)4-7-14-8-11-16(17)19-18-14;1-2-11-19-14-8-4-12(5-9-14)3-6-13-7-10-15(16)18-17-13;1-2-18-13-8-4-11(5-9-13)3-6-12-7-10-14(15)17-16-12;1-17-12-7-3-10(4-8-12)2-5-11-6-9-13(14)16-15-11/h7-8,10-13H,2-5,14H2,1H3;6-7,9-12H,2-4,13H2,1H3;5-6,8-11H,2-3,12H2,1H3;4-5,7-10H,2,11H2,1H3;4-5,7-10H,2H2,1H3;3-4,6-9H,1H3. The van der Waals surface area contributed by atoms with Crippen molar-refractivity contribution in [2.24, 2.45) is 0 Å². The first-order valence-electron chi connectivity index (χ1n) is 37.5. The summed E-state index contributed by atoms with van der Waals surface area (Å²) in [7, 11) is 1.63. The summed E-state index contributed by atoms with van der Waals surface area (Å²) >= 11 is 33.9. The second-order valence-corrected chi connectivity index (χ2v) is 26.6. The molecule has 6 heterocycles. The van der Waals surface area contributed by atoms with Gasteiger partial charge < -0.3 is 28.4 Å². The van der Waals surface area contributed by atoms with E-state index in [1.165, 1.54) is 32.1 Å². The van der Waals surface area contributed by atoms with Gasteiger partial charge in [-0.2, -0.15) is 0 Å². The molecular formula is C93H84Cl6N12O6. The van der Waals surface area contributed by atoms with E-state index < -0.39 is 0 Å². The molecule has 117 heavy (non-hydrogen) atoms. The summed E-state index contributed by atoms with van der Waals surface area (Å²) in [4.78, 5) is 0. The van der Waals surface area contributed by atoms with Crippen LogP contribution in [0.4, 0.5) is 0 Å². The van der Waals surface area contributed by atoms with Crippen LogP contribution in [0.15, 0.2) is 218 Å². The molecule has 0 atom stereocenters. The normalized spacial score (nSPS) is 9.64. The Bertz CT molecular complexity index is 5280. The highest BCUT2D eigenvalue weighted by Gasteiger charge is 2.03. The Kier molecular flexibility index (Phi) is 43.4. The summed E-state index contributed by atoms with van der Waals surface area (Å²) in [5.41, 5.74) is 8.98. The third kappa shape index (κ3) is 39.5. The molecule has 6 aromatic carbocycles. The summed E-state index contributed by atoms with van der Waals surface area (Å²) in [6, 6.07) is 66.4. The molecule has 12 aromatic rings. The zero-order chi connectivity index (χ0) is 83.1. The van der Waals surface area contributed by atoms with Crippen LogP contribution in [-0.2, 0) is 0 Å². The quantitative estimate of drug-likeness (QED) is 0.0483. The molecule has 594 valence electrons. The van der Waals surface area contributed by atoms with Crippen molar-refractivity contribution in [1.29, 1.82) is 0 Å². The van der Waals surface area contributed by atoms with Crippen LogP contribution >= 0.6 is 69.6 Å². The van der Waals surface area contributed by atoms with E-state index in [9.17, 15) is 0 Å². The first-order chi connectivity index (χ1) is 57.2. The van der Waals surface area contributed by atoms with Crippen molar-refractivity contribution in [3.05, 3.63) is 317 Å². The van der Waals surface area contributed by atoms with Crippen LogP contribution in [0.25, 0.3) is 0 Å². The van der Waals surface area contributed by atoms with Crippen molar-refractivity contribution in [3.63, 3.8) is 0 Å². The van der Waals surface area contributed by atoms with E-state index in [1.807, 2.05) is 153 Å². The number of hydrogen-bond acceptors (Lipinski definition) is 18. The van der Waals surface area contributed by atoms with Gasteiger partial charge in [-0.15, -0.1) is 61.2 Å². The van der Waals surface area contributed by atoms with Gasteiger partial charge in [-0.25, -0.2) is 0 Å². The van der Waals surface area contributed by atoms with Gasteiger partial charge in [0.1, 0.15) is 68.7 Å². The predicted octanol–water partition coefficient (Wildman–Crippen LogP) is 21.1. The molecule has 0 N–H and O–H groups in total. The largest absolute Gasteiger partial charge is 0.497 e. The minimum atomic E-state index is 0.361. The highest BCUT2D eigenvalue weighted by molar-refractivity contribution is 6.30. The molecule has 0 fully saturated rings. The van der Waals surface area contributed by atoms with Crippen LogP contribution in [0.5, 0.6) is 34.5 Å². The summed E-state index contributed by atoms with van der Waals surface area (Å²) in [5.74, 6) is 40.8. The van der Waals surface area contributed by atoms with E-state index in [2.05, 4.69) is 160 Å². The fourth-order valence-corrected chi connectivity index (χ4v) is 9.55. The van der Waals surface area contributed by atoms with Crippen LogP contribution in [0, 0.1) is 71.0 Å². The molecule has 0 saturated heterocycles. The van der Waals surface area contributed by atoms with Crippen molar-refractivity contribution in [3.8, 4) is 106 Å². The number of rotatable bonds is 21. The Morgan fingerprint density at radius 2 is 0.419 bits per heavy atom. The number of benzene rings is 6. The van der Waals surface area contributed by atoms with E-state index in [-0.39, 0.29) is 0 Å². The highest BCUT2D eigenvalue weighted by Crippen LogP contribution is 2.19. The van der Waals surface area contributed by atoms with Gasteiger partial charge in [0.25, 0.3) is 0 Å². The molecule has 18 nitrogen and oxygen atoms in total. The molecule has 24 heteroatoms. The van der Waals surface area contributed by atoms with E-state index in [1.54, 1.807) is 79.9 Å². The number of hydrogen-bond donors (Lipinski definition) is 0. The maximum atomic E-state index is 5.70. The van der Waals surface area contributed by atoms with Crippen molar-refractivity contribution in [1.82, 2.24) is 61.2 Å². The second-order valence-electron chi connectivity index (χ2n) is 24.2. The van der Waals surface area contributed by atoms with Crippen LogP contribution in [0.1, 0.15) is 166 Å². The van der Waals surface area contributed by atoms with Crippen molar-refractivity contribution in [2.75, 3.05) is 40.1 Å². The van der Waals surface area contributed by atoms with E-state index in [4.69, 9.17) is 98.0 Å².